The third-order valence-electron chi connectivity index (χ3n) is 3.60. The summed E-state index contributed by atoms with van der Waals surface area (Å²) in [6.07, 6.45) is 7.29. The molecule has 4 nitrogen and oxygen atoms in total. The van der Waals surface area contributed by atoms with Gasteiger partial charge in [-0.3, -0.25) is 9.47 Å². The van der Waals surface area contributed by atoms with Crippen LogP contribution in [-0.4, -0.2) is 33.6 Å². The van der Waals surface area contributed by atoms with Crippen LogP contribution in [0.2, 0.25) is 0 Å². The smallest absolute Gasteiger partial charge is 0.313 e. The van der Waals surface area contributed by atoms with Gasteiger partial charge in [0.2, 0.25) is 0 Å². The molecule has 1 aromatic rings. The number of hydrogen-bond donors (Lipinski definition) is 1. The molecule has 2 fully saturated rings. The van der Waals surface area contributed by atoms with Crippen LogP contribution < -0.4 is 5.69 Å². The molecule has 0 amide bonds. The molecule has 0 radical (unpaired) electrons. The van der Waals surface area contributed by atoms with Crippen molar-refractivity contribution in [2.75, 3.05) is 13.1 Å². The average Bonchev–Trinajstić information content (AvgIpc) is 2.78. The van der Waals surface area contributed by atoms with Crippen LogP contribution in [-0.2, 0) is 0 Å². The molecule has 1 N–H and O–H groups in total. The Balaban J connectivity index is 1.93. The van der Waals surface area contributed by atoms with Crippen LogP contribution in [0.3, 0.4) is 0 Å². The first-order chi connectivity index (χ1) is 6.86. The Morgan fingerprint density at radius 3 is 3.00 bits per heavy atom. The molecular formula is C10H15N3O. The van der Waals surface area contributed by atoms with Crippen molar-refractivity contribution >= 4 is 0 Å². The molecule has 4 heteroatoms. The number of fused-ring (bicyclic) bond motifs is 1. The highest BCUT2D eigenvalue weighted by molar-refractivity contribution is 4.97. The fraction of sp³-hybridized carbons (Fsp3) is 0.700. The molecule has 2 aliphatic rings. The largest absolute Gasteiger partial charge is 0.325 e. The Labute approximate surface area is 82.5 Å². The van der Waals surface area contributed by atoms with E-state index in [-0.39, 0.29) is 5.69 Å². The Morgan fingerprint density at radius 2 is 2.21 bits per heavy atom. The lowest BCUT2D eigenvalue weighted by Crippen LogP contribution is -2.31. The summed E-state index contributed by atoms with van der Waals surface area (Å²) in [7, 11) is 0. The van der Waals surface area contributed by atoms with Gasteiger partial charge >= 0.3 is 5.69 Å². The van der Waals surface area contributed by atoms with Crippen molar-refractivity contribution in [3.63, 3.8) is 0 Å². The molecule has 0 spiro atoms. The molecule has 0 bridgehead atoms. The van der Waals surface area contributed by atoms with E-state index < -0.39 is 0 Å². The molecule has 76 valence electrons. The minimum Gasteiger partial charge on any atom is -0.313 e. The van der Waals surface area contributed by atoms with E-state index in [9.17, 15) is 4.79 Å². The summed E-state index contributed by atoms with van der Waals surface area (Å²) < 4.78 is 1.87. The highest BCUT2D eigenvalue weighted by atomic mass is 16.1. The number of H-pyrrole nitrogens is 1. The van der Waals surface area contributed by atoms with Gasteiger partial charge in [-0.25, -0.2) is 4.79 Å². The third-order valence-corrected chi connectivity index (χ3v) is 3.60. The predicted molar refractivity (Wildman–Crippen MR) is 53.3 cm³/mol. The van der Waals surface area contributed by atoms with Crippen molar-refractivity contribution in [1.82, 2.24) is 14.5 Å². The van der Waals surface area contributed by atoms with Crippen LogP contribution in [0.4, 0.5) is 0 Å². The second-order valence-electron chi connectivity index (χ2n) is 4.27. The van der Waals surface area contributed by atoms with Gasteiger partial charge in [0.1, 0.15) is 0 Å². The maximum Gasteiger partial charge on any atom is 0.325 e. The number of hydrogen-bond acceptors (Lipinski definition) is 2. The second kappa shape index (κ2) is 2.98. The summed E-state index contributed by atoms with van der Waals surface area (Å²) in [6.45, 7) is 2.38. The summed E-state index contributed by atoms with van der Waals surface area (Å²) in [5.41, 5.74) is 0.0451. The van der Waals surface area contributed by atoms with Gasteiger partial charge in [0.25, 0.3) is 0 Å². The summed E-state index contributed by atoms with van der Waals surface area (Å²) in [5.74, 6) is 0. The van der Waals surface area contributed by atoms with Crippen molar-refractivity contribution < 1.29 is 0 Å². The van der Waals surface area contributed by atoms with Crippen LogP contribution in [0.15, 0.2) is 17.2 Å². The van der Waals surface area contributed by atoms with E-state index in [2.05, 4.69) is 9.88 Å². The minimum absolute atomic E-state index is 0.0451. The van der Waals surface area contributed by atoms with Crippen LogP contribution in [0.1, 0.15) is 25.3 Å². The van der Waals surface area contributed by atoms with Gasteiger partial charge in [-0.2, -0.15) is 0 Å². The minimum atomic E-state index is 0.0451. The molecule has 2 unspecified atom stereocenters. The monoisotopic (exact) mass is 193 g/mol. The lowest BCUT2D eigenvalue weighted by atomic mass is 10.1. The van der Waals surface area contributed by atoms with E-state index in [4.69, 9.17) is 0 Å². The zero-order chi connectivity index (χ0) is 9.54. The first-order valence-corrected chi connectivity index (χ1v) is 5.36. The van der Waals surface area contributed by atoms with Gasteiger partial charge in [-0.05, 0) is 25.8 Å². The second-order valence-corrected chi connectivity index (χ2v) is 4.27. The van der Waals surface area contributed by atoms with E-state index in [0.717, 1.165) is 13.0 Å². The van der Waals surface area contributed by atoms with Crippen molar-refractivity contribution in [3.05, 3.63) is 22.9 Å². The Morgan fingerprint density at radius 1 is 1.29 bits per heavy atom. The Hall–Kier alpha value is -1.03. The maximum atomic E-state index is 11.5. The van der Waals surface area contributed by atoms with Crippen molar-refractivity contribution in [3.8, 4) is 0 Å². The molecular weight excluding hydrogens is 178 g/mol. The van der Waals surface area contributed by atoms with E-state index in [0.29, 0.717) is 12.1 Å². The maximum absolute atomic E-state index is 11.5. The van der Waals surface area contributed by atoms with Crippen LogP contribution in [0.5, 0.6) is 0 Å². The van der Waals surface area contributed by atoms with Crippen LogP contribution >= 0.6 is 0 Å². The van der Waals surface area contributed by atoms with E-state index >= 15 is 0 Å². The molecule has 2 aliphatic heterocycles. The molecule has 2 atom stereocenters. The molecule has 0 aliphatic carbocycles. The van der Waals surface area contributed by atoms with Crippen molar-refractivity contribution in [2.45, 2.75) is 31.3 Å². The number of rotatable bonds is 1. The standard InChI is InChI=1S/C10H15N3O/c14-10-11-4-7-13(10)9-3-6-12-5-1-2-8(9)12/h4,7-9H,1-3,5-6H2,(H,11,14). The highest BCUT2D eigenvalue weighted by Crippen LogP contribution is 2.34. The lowest BCUT2D eigenvalue weighted by Gasteiger charge is -2.20. The van der Waals surface area contributed by atoms with E-state index in [1.807, 2.05) is 10.8 Å². The van der Waals surface area contributed by atoms with Crippen molar-refractivity contribution in [2.24, 2.45) is 0 Å². The van der Waals surface area contributed by atoms with Crippen molar-refractivity contribution in [1.29, 1.82) is 0 Å². The van der Waals surface area contributed by atoms with Crippen LogP contribution in [0.25, 0.3) is 0 Å². The molecule has 14 heavy (non-hydrogen) atoms. The van der Waals surface area contributed by atoms with Gasteiger partial charge in [0.15, 0.2) is 0 Å². The van der Waals surface area contributed by atoms with Gasteiger partial charge < -0.3 is 4.98 Å². The lowest BCUT2D eigenvalue weighted by molar-refractivity contribution is 0.288. The Bertz CT molecular complexity index is 381. The zero-order valence-electron chi connectivity index (χ0n) is 8.15. The summed E-state index contributed by atoms with van der Waals surface area (Å²) in [6, 6.07) is 1.03. The molecule has 3 heterocycles. The molecule has 1 aromatic heterocycles. The molecule has 3 rings (SSSR count). The summed E-state index contributed by atoms with van der Waals surface area (Å²) in [4.78, 5) is 16.7. The van der Waals surface area contributed by atoms with Gasteiger partial charge in [0.05, 0.1) is 6.04 Å². The first kappa shape index (κ1) is 8.29. The highest BCUT2D eigenvalue weighted by Gasteiger charge is 2.38. The fourth-order valence-corrected chi connectivity index (χ4v) is 2.97. The number of imidazole rings is 1. The predicted octanol–water partition coefficient (Wildman–Crippen LogP) is 0.586. The zero-order valence-corrected chi connectivity index (χ0v) is 8.15. The molecule has 0 saturated carbocycles. The SMILES string of the molecule is O=c1[nH]ccn1C1CCN2CCCC12. The van der Waals surface area contributed by atoms with Gasteiger partial charge in [-0.15, -0.1) is 0 Å². The Kier molecular flexibility index (Phi) is 1.77. The normalized spacial score (nSPS) is 32.3. The quantitative estimate of drug-likeness (QED) is 0.709. The number of aromatic nitrogens is 2. The first-order valence-electron chi connectivity index (χ1n) is 5.36. The van der Waals surface area contributed by atoms with E-state index in [1.165, 1.54) is 19.4 Å². The molecule has 0 aromatic carbocycles. The average molecular weight is 193 g/mol. The van der Waals surface area contributed by atoms with E-state index in [1.54, 1.807) is 6.20 Å². The number of nitrogens with one attached hydrogen (secondary N) is 1. The van der Waals surface area contributed by atoms with Gasteiger partial charge in [0, 0.05) is 25.0 Å². The molecule has 2 saturated heterocycles. The fourth-order valence-electron chi connectivity index (χ4n) is 2.97. The van der Waals surface area contributed by atoms with Crippen LogP contribution in [0, 0.1) is 0 Å². The summed E-state index contributed by atoms with van der Waals surface area (Å²) >= 11 is 0. The van der Waals surface area contributed by atoms with Gasteiger partial charge in [-0.1, -0.05) is 0 Å². The third kappa shape index (κ3) is 1.07. The summed E-state index contributed by atoms with van der Waals surface area (Å²) in [5, 5.41) is 0. The number of nitrogens with zero attached hydrogens (tertiary/aromatic N) is 2. The topological polar surface area (TPSA) is 41.0 Å². The number of aromatic amines is 1.